The van der Waals surface area contributed by atoms with Gasteiger partial charge in [0.05, 0.1) is 0 Å². The smallest absolute Gasteiger partial charge is 0.246 e. The van der Waals surface area contributed by atoms with E-state index in [0.717, 1.165) is 24.2 Å². The average molecular weight is 190 g/mol. The normalized spacial score (nSPS) is 19.2. The summed E-state index contributed by atoms with van der Waals surface area (Å²) in [5.74, 6) is 0.0552. The van der Waals surface area contributed by atoms with E-state index in [-0.39, 0.29) is 11.9 Å². The van der Waals surface area contributed by atoms with Gasteiger partial charge in [-0.3, -0.25) is 4.79 Å². The second-order valence-corrected chi connectivity index (χ2v) is 3.46. The molecule has 14 heavy (non-hydrogen) atoms. The Hall–Kier alpha value is -1.35. The van der Waals surface area contributed by atoms with Gasteiger partial charge >= 0.3 is 0 Å². The first kappa shape index (κ1) is 9.21. The summed E-state index contributed by atoms with van der Waals surface area (Å²) in [5, 5.41) is 6.08. The Kier molecular flexibility index (Phi) is 2.50. The lowest BCUT2D eigenvalue weighted by Gasteiger charge is -2.09. The van der Waals surface area contributed by atoms with E-state index in [1.165, 1.54) is 0 Å². The molecule has 1 atom stereocenters. The molecule has 1 heterocycles. The van der Waals surface area contributed by atoms with Gasteiger partial charge in [0.1, 0.15) is 6.04 Å². The topological polar surface area (TPSA) is 41.1 Å². The molecule has 0 bridgehead atoms. The highest BCUT2D eigenvalue weighted by atomic mass is 16.2. The molecule has 3 heteroatoms. The molecule has 1 aliphatic rings. The number of anilines is 1. The highest BCUT2D eigenvalue weighted by Gasteiger charge is 2.28. The standard InChI is InChI=1S/C11H14N2O/c1-2-7-12-10-8-5-3-4-6-9(8)13-11(10)14/h3-6,10,12H,2,7H2,1H3,(H,13,14). The lowest BCUT2D eigenvalue weighted by atomic mass is 10.1. The van der Waals surface area contributed by atoms with Crippen LogP contribution in [0.5, 0.6) is 0 Å². The van der Waals surface area contributed by atoms with Crippen molar-refractivity contribution in [3.05, 3.63) is 29.8 Å². The quantitative estimate of drug-likeness (QED) is 0.761. The Morgan fingerprint density at radius 1 is 1.43 bits per heavy atom. The molecule has 0 saturated carbocycles. The number of benzene rings is 1. The molecule has 74 valence electrons. The number of hydrogen-bond acceptors (Lipinski definition) is 2. The summed E-state index contributed by atoms with van der Waals surface area (Å²) >= 11 is 0. The zero-order valence-corrected chi connectivity index (χ0v) is 8.21. The molecule has 0 spiro atoms. The summed E-state index contributed by atoms with van der Waals surface area (Å²) in [6.45, 7) is 2.96. The third kappa shape index (κ3) is 1.51. The number of rotatable bonds is 3. The van der Waals surface area contributed by atoms with Gasteiger partial charge in [0.25, 0.3) is 0 Å². The van der Waals surface area contributed by atoms with Crippen molar-refractivity contribution < 1.29 is 4.79 Å². The largest absolute Gasteiger partial charge is 0.324 e. The molecule has 1 unspecified atom stereocenters. The first-order valence-electron chi connectivity index (χ1n) is 4.96. The predicted octanol–water partition coefficient (Wildman–Crippen LogP) is 1.68. The zero-order valence-electron chi connectivity index (χ0n) is 8.21. The second kappa shape index (κ2) is 3.80. The first-order chi connectivity index (χ1) is 6.83. The number of carbonyl (C=O) groups is 1. The van der Waals surface area contributed by atoms with E-state index in [1.54, 1.807) is 0 Å². The van der Waals surface area contributed by atoms with Crippen LogP contribution in [0.15, 0.2) is 24.3 Å². The van der Waals surface area contributed by atoms with Gasteiger partial charge in [0.2, 0.25) is 5.91 Å². The molecule has 0 fully saturated rings. The lowest BCUT2D eigenvalue weighted by molar-refractivity contribution is -0.117. The van der Waals surface area contributed by atoms with E-state index in [1.807, 2.05) is 24.3 Å². The van der Waals surface area contributed by atoms with Crippen molar-refractivity contribution in [2.75, 3.05) is 11.9 Å². The molecule has 2 rings (SSSR count). The van der Waals surface area contributed by atoms with Gasteiger partial charge in [-0.05, 0) is 19.0 Å². The van der Waals surface area contributed by atoms with Gasteiger partial charge in [-0.1, -0.05) is 25.1 Å². The van der Waals surface area contributed by atoms with Crippen LogP contribution >= 0.6 is 0 Å². The Balaban J connectivity index is 2.21. The third-order valence-electron chi connectivity index (χ3n) is 2.39. The first-order valence-corrected chi connectivity index (χ1v) is 4.96. The highest BCUT2D eigenvalue weighted by Crippen LogP contribution is 2.29. The number of carbonyl (C=O) groups excluding carboxylic acids is 1. The average Bonchev–Trinajstić information content (AvgIpc) is 2.51. The van der Waals surface area contributed by atoms with Crippen LogP contribution in [0.2, 0.25) is 0 Å². The van der Waals surface area contributed by atoms with Crippen molar-refractivity contribution in [3.63, 3.8) is 0 Å². The van der Waals surface area contributed by atoms with E-state index < -0.39 is 0 Å². The second-order valence-electron chi connectivity index (χ2n) is 3.46. The summed E-state index contributed by atoms with van der Waals surface area (Å²) in [5.41, 5.74) is 2.00. The van der Waals surface area contributed by atoms with Crippen LogP contribution in [0.25, 0.3) is 0 Å². The van der Waals surface area contributed by atoms with Crippen molar-refractivity contribution >= 4 is 11.6 Å². The van der Waals surface area contributed by atoms with Crippen LogP contribution in [-0.2, 0) is 4.79 Å². The van der Waals surface area contributed by atoms with Crippen molar-refractivity contribution in [1.82, 2.24) is 5.32 Å². The monoisotopic (exact) mass is 190 g/mol. The maximum absolute atomic E-state index is 11.6. The maximum atomic E-state index is 11.6. The molecular weight excluding hydrogens is 176 g/mol. The molecule has 2 N–H and O–H groups in total. The summed E-state index contributed by atoms with van der Waals surface area (Å²) in [6, 6.07) is 7.65. The lowest BCUT2D eigenvalue weighted by Crippen LogP contribution is -2.27. The summed E-state index contributed by atoms with van der Waals surface area (Å²) < 4.78 is 0. The van der Waals surface area contributed by atoms with Crippen molar-refractivity contribution in [3.8, 4) is 0 Å². The highest BCUT2D eigenvalue weighted by molar-refractivity contribution is 6.02. The summed E-state index contributed by atoms with van der Waals surface area (Å²) in [7, 11) is 0. The van der Waals surface area contributed by atoms with Crippen LogP contribution in [0, 0.1) is 0 Å². The third-order valence-corrected chi connectivity index (χ3v) is 2.39. The predicted molar refractivity (Wildman–Crippen MR) is 56.1 cm³/mol. The van der Waals surface area contributed by atoms with E-state index in [2.05, 4.69) is 17.6 Å². The Bertz CT molecular complexity index is 349. The summed E-state index contributed by atoms with van der Waals surface area (Å²) in [4.78, 5) is 11.6. The fourth-order valence-corrected chi connectivity index (χ4v) is 1.70. The molecule has 0 saturated heterocycles. The van der Waals surface area contributed by atoms with Crippen molar-refractivity contribution in [2.24, 2.45) is 0 Å². The van der Waals surface area contributed by atoms with Gasteiger partial charge in [-0.15, -0.1) is 0 Å². The molecule has 0 aromatic heterocycles. The molecule has 1 amide bonds. The molecule has 1 aliphatic heterocycles. The molecule has 1 aromatic rings. The minimum Gasteiger partial charge on any atom is -0.324 e. The fraction of sp³-hybridized carbons (Fsp3) is 0.364. The fourth-order valence-electron chi connectivity index (χ4n) is 1.70. The number of hydrogen-bond donors (Lipinski definition) is 2. The van der Waals surface area contributed by atoms with Gasteiger partial charge in [0, 0.05) is 11.3 Å². The van der Waals surface area contributed by atoms with E-state index >= 15 is 0 Å². The molecule has 0 aliphatic carbocycles. The molecule has 3 nitrogen and oxygen atoms in total. The van der Waals surface area contributed by atoms with Crippen LogP contribution in [0.4, 0.5) is 5.69 Å². The number of fused-ring (bicyclic) bond motifs is 1. The van der Waals surface area contributed by atoms with Crippen molar-refractivity contribution in [2.45, 2.75) is 19.4 Å². The Labute approximate surface area is 83.5 Å². The van der Waals surface area contributed by atoms with Crippen LogP contribution in [0.1, 0.15) is 24.9 Å². The molecular formula is C11H14N2O. The van der Waals surface area contributed by atoms with Gasteiger partial charge < -0.3 is 10.6 Å². The van der Waals surface area contributed by atoms with Crippen LogP contribution in [-0.4, -0.2) is 12.5 Å². The zero-order chi connectivity index (χ0) is 9.97. The number of para-hydroxylation sites is 1. The summed E-state index contributed by atoms with van der Waals surface area (Å²) in [6.07, 6.45) is 1.03. The Morgan fingerprint density at radius 2 is 2.21 bits per heavy atom. The SMILES string of the molecule is CCCNC1C(=O)Nc2ccccc21. The van der Waals surface area contributed by atoms with E-state index in [4.69, 9.17) is 0 Å². The van der Waals surface area contributed by atoms with Gasteiger partial charge in [-0.2, -0.15) is 0 Å². The van der Waals surface area contributed by atoms with Crippen molar-refractivity contribution in [1.29, 1.82) is 0 Å². The Morgan fingerprint density at radius 3 is 3.00 bits per heavy atom. The minimum absolute atomic E-state index is 0.0552. The molecule has 1 aromatic carbocycles. The van der Waals surface area contributed by atoms with Crippen LogP contribution < -0.4 is 10.6 Å². The molecule has 0 radical (unpaired) electrons. The van der Waals surface area contributed by atoms with Gasteiger partial charge in [0.15, 0.2) is 0 Å². The number of nitrogens with one attached hydrogen (secondary N) is 2. The van der Waals surface area contributed by atoms with Gasteiger partial charge in [-0.25, -0.2) is 0 Å². The van der Waals surface area contributed by atoms with E-state index in [0.29, 0.717) is 0 Å². The minimum atomic E-state index is -0.161. The number of amides is 1. The van der Waals surface area contributed by atoms with E-state index in [9.17, 15) is 4.79 Å². The maximum Gasteiger partial charge on any atom is 0.246 e. The van der Waals surface area contributed by atoms with Crippen LogP contribution in [0.3, 0.4) is 0 Å².